The van der Waals surface area contributed by atoms with E-state index in [0.29, 0.717) is 12.1 Å². The number of nitrogen functional groups attached to an aromatic ring is 1. The van der Waals surface area contributed by atoms with Crippen molar-refractivity contribution >= 4 is 23.0 Å². The monoisotopic (exact) mass is 261 g/mol. The molecular weight excluding hydrogens is 242 g/mol. The first-order chi connectivity index (χ1) is 9.12. The minimum absolute atomic E-state index is 0.0333. The molecule has 2 aliphatic rings. The maximum Gasteiger partial charge on any atom is 0.224 e. The van der Waals surface area contributed by atoms with E-state index >= 15 is 0 Å². The normalized spacial score (nSPS) is 19.5. The molecule has 1 fully saturated rings. The lowest BCUT2D eigenvalue weighted by molar-refractivity contribution is -0.116. The van der Waals surface area contributed by atoms with Gasteiger partial charge in [-0.15, -0.1) is 0 Å². The third-order valence-electron chi connectivity index (χ3n) is 4.12. The van der Waals surface area contributed by atoms with Crippen LogP contribution in [0.25, 0.3) is 0 Å². The molecule has 1 heterocycles. The van der Waals surface area contributed by atoms with Crippen LogP contribution in [-0.4, -0.2) is 24.2 Å². The Bertz CT molecular complexity index is 524. The van der Waals surface area contributed by atoms with Crippen LogP contribution in [0.15, 0.2) is 12.1 Å². The summed E-state index contributed by atoms with van der Waals surface area (Å²) < 4.78 is 0. The molecule has 19 heavy (non-hydrogen) atoms. The van der Waals surface area contributed by atoms with E-state index in [1.54, 1.807) is 0 Å². The first-order valence-corrected chi connectivity index (χ1v) is 6.69. The lowest BCUT2D eigenvalue weighted by Gasteiger charge is -2.21. The fraction of sp³-hybridized carbons (Fsp3) is 0.500. The molecule has 5 N–H and O–H groups in total. The van der Waals surface area contributed by atoms with Gasteiger partial charge in [0.05, 0.1) is 18.0 Å². The highest BCUT2D eigenvalue weighted by molar-refractivity contribution is 5.95. The van der Waals surface area contributed by atoms with Crippen LogP contribution in [-0.2, 0) is 11.2 Å². The predicted octanol–water partition coefficient (Wildman–Crippen LogP) is 1.34. The quantitative estimate of drug-likeness (QED) is 0.616. The van der Waals surface area contributed by atoms with E-state index in [1.807, 2.05) is 12.1 Å². The van der Waals surface area contributed by atoms with Gasteiger partial charge in [0.1, 0.15) is 0 Å². The van der Waals surface area contributed by atoms with E-state index in [4.69, 9.17) is 5.73 Å². The number of rotatable bonds is 4. The van der Waals surface area contributed by atoms with Gasteiger partial charge in [0.25, 0.3) is 0 Å². The van der Waals surface area contributed by atoms with Crippen LogP contribution in [0.5, 0.6) is 0 Å². The number of hydrogen-bond acceptors (Lipinski definition) is 4. The van der Waals surface area contributed by atoms with E-state index in [1.165, 1.54) is 0 Å². The Balaban J connectivity index is 1.78. The van der Waals surface area contributed by atoms with E-state index in [9.17, 15) is 9.90 Å². The van der Waals surface area contributed by atoms with Gasteiger partial charge in [-0.25, -0.2) is 0 Å². The summed E-state index contributed by atoms with van der Waals surface area (Å²) in [6, 6.07) is 3.82. The summed E-state index contributed by atoms with van der Waals surface area (Å²) in [6.45, 7) is 0.933. The molecule has 1 aromatic carbocycles. The second-order valence-corrected chi connectivity index (χ2v) is 5.66. The Morgan fingerprint density at radius 1 is 1.37 bits per heavy atom. The van der Waals surface area contributed by atoms with Crippen molar-refractivity contribution in [2.75, 3.05) is 29.5 Å². The molecule has 1 saturated carbocycles. The molecular formula is C14H19N3O2. The molecule has 5 nitrogen and oxygen atoms in total. The van der Waals surface area contributed by atoms with Crippen molar-refractivity contribution < 1.29 is 9.90 Å². The zero-order valence-electron chi connectivity index (χ0n) is 10.8. The second-order valence-electron chi connectivity index (χ2n) is 5.66. The zero-order valence-corrected chi connectivity index (χ0v) is 10.8. The van der Waals surface area contributed by atoms with Gasteiger partial charge in [-0.3, -0.25) is 4.79 Å². The summed E-state index contributed by atoms with van der Waals surface area (Å²) in [5.74, 6) is 0.0530. The second kappa shape index (κ2) is 4.42. The molecule has 0 aromatic heterocycles. The summed E-state index contributed by atoms with van der Waals surface area (Å²) in [6.07, 6.45) is 3.37. The molecule has 0 radical (unpaired) electrons. The van der Waals surface area contributed by atoms with E-state index in [2.05, 4.69) is 10.6 Å². The smallest absolute Gasteiger partial charge is 0.224 e. The predicted molar refractivity (Wildman–Crippen MR) is 75.0 cm³/mol. The number of benzene rings is 1. The van der Waals surface area contributed by atoms with Gasteiger partial charge in [-0.2, -0.15) is 0 Å². The molecule has 5 heteroatoms. The number of nitrogens with one attached hydrogen (secondary N) is 2. The Labute approximate surface area is 112 Å². The molecule has 1 aliphatic carbocycles. The highest BCUT2D eigenvalue weighted by Crippen LogP contribution is 2.45. The molecule has 0 atom stereocenters. The largest absolute Gasteiger partial charge is 0.397 e. The zero-order chi connectivity index (χ0) is 13.5. The maximum absolute atomic E-state index is 11.4. The van der Waals surface area contributed by atoms with Gasteiger partial charge in [-0.1, -0.05) is 0 Å². The van der Waals surface area contributed by atoms with Crippen LogP contribution in [0.1, 0.15) is 24.8 Å². The van der Waals surface area contributed by atoms with Gasteiger partial charge in [0, 0.05) is 24.1 Å². The average Bonchev–Trinajstić information content (AvgIpc) is 3.17. The van der Waals surface area contributed by atoms with Crippen LogP contribution in [0.3, 0.4) is 0 Å². The average molecular weight is 261 g/mol. The highest BCUT2D eigenvalue weighted by Gasteiger charge is 2.41. The number of anilines is 3. The van der Waals surface area contributed by atoms with Crippen molar-refractivity contribution in [2.24, 2.45) is 5.41 Å². The number of carbonyl (C=O) groups excluding carboxylic acids is 1. The van der Waals surface area contributed by atoms with Crippen molar-refractivity contribution in [2.45, 2.75) is 25.7 Å². The number of nitrogens with two attached hydrogens (primary N) is 1. The number of aryl methyl sites for hydroxylation is 1. The number of aliphatic hydroxyl groups excluding tert-OH is 1. The molecule has 0 unspecified atom stereocenters. The molecule has 0 saturated heterocycles. The summed E-state index contributed by atoms with van der Waals surface area (Å²) in [4.78, 5) is 11.4. The van der Waals surface area contributed by atoms with Crippen LogP contribution in [0.2, 0.25) is 0 Å². The van der Waals surface area contributed by atoms with E-state index in [0.717, 1.165) is 42.7 Å². The van der Waals surface area contributed by atoms with E-state index < -0.39 is 0 Å². The van der Waals surface area contributed by atoms with Crippen molar-refractivity contribution in [3.63, 3.8) is 0 Å². The SMILES string of the molecule is Nc1cc2c(cc1NCC1(CO)CC1)NC(=O)CC2. The molecule has 3 rings (SSSR count). The summed E-state index contributed by atoms with van der Waals surface area (Å²) in [7, 11) is 0. The van der Waals surface area contributed by atoms with Gasteiger partial charge in [0.15, 0.2) is 0 Å². The minimum Gasteiger partial charge on any atom is -0.397 e. The Morgan fingerprint density at radius 3 is 2.84 bits per heavy atom. The molecule has 1 amide bonds. The Morgan fingerprint density at radius 2 is 2.16 bits per heavy atom. The van der Waals surface area contributed by atoms with Crippen LogP contribution < -0.4 is 16.4 Å². The highest BCUT2D eigenvalue weighted by atomic mass is 16.3. The van der Waals surface area contributed by atoms with Crippen molar-refractivity contribution in [1.29, 1.82) is 0 Å². The lowest BCUT2D eigenvalue weighted by Crippen LogP contribution is -2.21. The summed E-state index contributed by atoms with van der Waals surface area (Å²) in [5, 5.41) is 15.5. The molecule has 1 aliphatic heterocycles. The minimum atomic E-state index is 0.0333. The number of carbonyl (C=O) groups is 1. The van der Waals surface area contributed by atoms with Crippen molar-refractivity contribution in [1.82, 2.24) is 0 Å². The third kappa shape index (κ3) is 2.38. The number of aliphatic hydroxyl groups is 1. The van der Waals surface area contributed by atoms with Crippen molar-refractivity contribution in [3.05, 3.63) is 17.7 Å². The van der Waals surface area contributed by atoms with Gasteiger partial charge in [0.2, 0.25) is 5.91 Å². The Kier molecular flexibility index (Phi) is 2.86. The topological polar surface area (TPSA) is 87.4 Å². The van der Waals surface area contributed by atoms with Gasteiger partial charge in [-0.05, 0) is 37.0 Å². The van der Waals surface area contributed by atoms with Gasteiger partial charge < -0.3 is 21.5 Å². The van der Waals surface area contributed by atoms with Crippen LogP contribution in [0.4, 0.5) is 17.1 Å². The van der Waals surface area contributed by atoms with Crippen LogP contribution in [0, 0.1) is 5.41 Å². The fourth-order valence-electron chi connectivity index (χ4n) is 2.45. The molecule has 102 valence electrons. The number of hydrogen-bond donors (Lipinski definition) is 4. The van der Waals surface area contributed by atoms with Gasteiger partial charge >= 0.3 is 0 Å². The van der Waals surface area contributed by atoms with E-state index in [-0.39, 0.29) is 17.9 Å². The Hall–Kier alpha value is -1.75. The first kappa shape index (κ1) is 12.3. The fourth-order valence-corrected chi connectivity index (χ4v) is 2.45. The molecule has 0 bridgehead atoms. The number of amides is 1. The number of fused-ring (bicyclic) bond motifs is 1. The summed E-state index contributed by atoms with van der Waals surface area (Å²) >= 11 is 0. The summed E-state index contributed by atoms with van der Waals surface area (Å²) in [5.41, 5.74) is 9.54. The van der Waals surface area contributed by atoms with Crippen molar-refractivity contribution in [3.8, 4) is 0 Å². The molecule has 1 aromatic rings. The standard InChI is InChI=1S/C14H19N3O2/c15-10-5-9-1-2-13(19)17-11(9)6-12(10)16-7-14(8-18)3-4-14/h5-6,16,18H,1-4,7-8,15H2,(H,17,19). The first-order valence-electron chi connectivity index (χ1n) is 6.69. The lowest BCUT2D eigenvalue weighted by atomic mass is 10.0. The molecule has 0 spiro atoms. The van der Waals surface area contributed by atoms with Crippen LogP contribution >= 0.6 is 0 Å². The third-order valence-corrected chi connectivity index (χ3v) is 4.12. The maximum atomic E-state index is 11.4.